The third-order valence-corrected chi connectivity index (χ3v) is 0. The van der Waals surface area contributed by atoms with Crippen molar-refractivity contribution < 1.29 is 17.5 Å². The maximum atomic E-state index is 8.52. The Labute approximate surface area is 71.3 Å². The van der Waals surface area contributed by atoms with E-state index in [9.17, 15) is 0 Å². The van der Waals surface area contributed by atoms with Gasteiger partial charge in [-0.05, 0) is 0 Å². The smallest absolute Gasteiger partial charge is 0.759 e. The van der Waals surface area contributed by atoms with Gasteiger partial charge in [0.2, 0.25) is 0 Å². The van der Waals surface area contributed by atoms with Gasteiger partial charge in [-0.25, -0.2) is 0 Å². The molecule has 0 saturated carbocycles. The minimum atomic E-state index is -5.17. The Bertz CT molecular complexity index is 94.9. The molecule has 0 aromatic rings. The van der Waals surface area contributed by atoms with E-state index < -0.39 is 10.4 Å². The summed E-state index contributed by atoms with van der Waals surface area (Å²) in [5.41, 5.74) is 0. The van der Waals surface area contributed by atoms with Crippen molar-refractivity contribution in [1.82, 2.24) is 6.15 Å². The van der Waals surface area contributed by atoms with E-state index in [1.54, 1.807) is 0 Å². The van der Waals surface area contributed by atoms with Crippen LogP contribution < -0.4 is 6.15 Å². The minimum Gasteiger partial charge on any atom is -0.759 e. The van der Waals surface area contributed by atoms with Gasteiger partial charge in [-0.2, -0.15) is 0 Å². The summed E-state index contributed by atoms with van der Waals surface area (Å²) < 4.78 is 34.1. The molecule has 4 N–H and O–H groups in total. The summed E-state index contributed by atoms with van der Waals surface area (Å²) in [6.45, 7) is 0. The van der Waals surface area contributed by atoms with Crippen LogP contribution in [-0.2, 0) is 10.4 Å². The third kappa shape index (κ3) is 155. The summed E-state index contributed by atoms with van der Waals surface area (Å²) in [6, 6.07) is 0. The Morgan fingerprint density at radius 1 is 1.14 bits per heavy atom. The maximum Gasteiger partial charge on any atom is 2.00 e. The van der Waals surface area contributed by atoms with Crippen LogP contribution in [0.15, 0.2) is 0 Å². The Balaban J connectivity index is -0.0000000800. The topological polar surface area (TPSA) is 117 Å². The van der Waals surface area contributed by atoms with Crippen LogP contribution in [0.3, 0.4) is 0 Å². The van der Waals surface area contributed by atoms with Gasteiger partial charge in [0, 0.05) is 10.4 Å². The minimum absolute atomic E-state index is 0. The molecule has 0 aromatic carbocycles. The molecular formula is H4CaNO4S+. The molecule has 0 heterocycles. The molecule has 0 amide bonds. The van der Waals surface area contributed by atoms with Crippen LogP contribution >= 0.6 is 0 Å². The van der Waals surface area contributed by atoms with Crippen molar-refractivity contribution in [3.05, 3.63) is 0 Å². The number of hydrogen-bond donors (Lipinski definition) is 1. The summed E-state index contributed by atoms with van der Waals surface area (Å²) in [5, 5.41) is 0. The molecule has 0 aliphatic carbocycles. The fourth-order valence-electron chi connectivity index (χ4n) is 0. The van der Waals surface area contributed by atoms with Gasteiger partial charge in [-0.1, -0.05) is 0 Å². The fraction of sp³-hybridized carbons (Fsp3) is 0. The molecule has 0 aliphatic rings. The second-order valence-electron chi connectivity index (χ2n) is 0.408. The van der Waals surface area contributed by atoms with Gasteiger partial charge < -0.3 is 15.3 Å². The standard InChI is InChI=1S/Ca.H3N.H2O4S/c;;1-5(2,3)4/h;1H3;(H2,1,2,3,4)/q+2;;/p-1. The monoisotopic (exact) mass is 154 g/mol. The molecule has 0 bridgehead atoms. The van der Waals surface area contributed by atoms with Gasteiger partial charge in [0.15, 0.2) is 0 Å². The Hall–Kier alpha value is 1.09. The molecule has 0 atom stereocenters. The average molecular weight is 154 g/mol. The first-order chi connectivity index (χ1) is 2.00. The Morgan fingerprint density at radius 3 is 1.14 bits per heavy atom. The van der Waals surface area contributed by atoms with Crippen LogP contribution in [0.4, 0.5) is 0 Å². The van der Waals surface area contributed by atoms with Crippen LogP contribution in [0.2, 0.25) is 0 Å². The molecule has 0 radical (unpaired) electrons. The zero-order valence-electron chi connectivity index (χ0n) is 3.75. The molecule has 0 unspecified atom stereocenters. The van der Waals surface area contributed by atoms with E-state index in [4.69, 9.17) is 17.5 Å². The van der Waals surface area contributed by atoms with E-state index in [2.05, 4.69) is 0 Å². The quantitative estimate of drug-likeness (QED) is 0.264. The predicted molar refractivity (Wildman–Crippen MR) is 22.2 cm³/mol. The summed E-state index contributed by atoms with van der Waals surface area (Å²) in [5.74, 6) is 0. The molecule has 40 valence electrons. The summed E-state index contributed by atoms with van der Waals surface area (Å²) in [7, 11) is -5.17. The van der Waals surface area contributed by atoms with Gasteiger partial charge in [-0.3, -0.25) is 8.42 Å². The number of quaternary nitrogens is 1. The van der Waals surface area contributed by atoms with Crippen molar-refractivity contribution in [1.29, 1.82) is 0 Å². The SMILES string of the molecule is O=S(=O)([O-])[O-].[Ca+2].[NH4+]. The van der Waals surface area contributed by atoms with Crippen LogP contribution in [0.5, 0.6) is 0 Å². The van der Waals surface area contributed by atoms with E-state index >= 15 is 0 Å². The molecule has 7 heteroatoms. The second kappa shape index (κ2) is 5.23. The van der Waals surface area contributed by atoms with Gasteiger partial charge in [0.1, 0.15) is 0 Å². The molecule has 0 fully saturated rings. The first-order valence-corrected chi connectivity index (χ1v) is 2.00. The number of rotatable bonds is 0. The third-order valence-electron chi connectivity index (χ3n) is 0. The van der Waals surface area contributed by atoms with Crippen LogP contribution in [-0.4, -0.2) is 55.3 Å². The van der Waals surface area contributed by atoms with Crippen molar-refractivity contribution in [3.63, 3.8) is 0 Å². The molecule has 7 heavy (non-hydrogen) atoms. The van der Waals surface area contributed by atoms with Gasteiger partial charge in [-0.15, -0.1) is 0 Å². The maximum absolute atomic E-state index is 8.52. The molecular weight excluding hydrogens is 150 g/mol. The van der Waals surface area contributed by atoms with Crippen LogP contribution in [0.25, 0.3) is 0 Å². The van der Waals surface area contributed by atoms with E-state index in [1.165, 1.54) is 0 Å². The molecule has 5 nitrogen and oxygen atoms in total. The van der Waals surface area contributed by atoms with E-state index in [0.717, 1.165) is 0 Å². The summed E-state index contributed by atoms with van der Waals surface area (Å²) in [4.78, 5) is 0. The molecule has 0 aromatic heterocycles. The Morgan fingerprint density at radius 2 is 1.14 bits per heavy atom. The van der Waals surface area contributed by atoms with Gasteiger partial charge in [0.05, 0.1) is 0 Å². The first-order valence-electron chi connectivity index (χ1n) is 0.667. The number of hydrogen-bond acceptors (Lipinski definition) is 4. The Kier molecular flexibility index (Phi) is 11.7. The zero-order chi connectivity index (χ0) is 4.50. The second-order valence-corrected chi connectivity index (χ2v) is 1.22. The first kappa shape index (κ1) is 15.7. The van der Waals surface area contributed by atoms with Crippen molar-refractivity contribution in [2.24, 2.45) is 0 Å². The van der Waals surface area contributed by atoms with E-state index in [1.807, 2.05) is 0 Å². The fourth-order valence-corrected chi connectivity index (χ4v) is 0. The molecule has 0 spiro atoms. The average Bonchev–Trinajstić information content (AvgIpc) is 0.722. The molecule has 0 rings (SSSR count). The zero-order valence-corrected chi connectivity index (χ0v) is 6.77. The van der Waals surface area contributed by atoms with Crippen molar-refractivity contribution in [2.45, 2.75) is 0 Å². The predicted octanol–water partition coefficient (Wildman–Crippen LogP) is -1.34. The largest absolute Gasteiger partial charge is 2.00 e. The summed E-state index contributed by atoms with van der Waals surface area (Å²) in [6.07, 6.45) is 0. The van der Waals surface area contributed by atoms with Crippen LogP contribution in [0, 0.1) is 0 Å². The van der Waals surface area contributed by atoms with Crippen LogP contribution in [0.1, 0.15) is 0 Å². The normalized spacial score (nSPS) is 8.29. The van der Waals surface area contributed by atoms with Gasteiger partial charge >= 0.3 is 37.7 Å². The molecule has 0 saturated heterocycles. The molecule has 0 aliphatic heterocycles. The van der Waals surface area contributed by atoms with Gasteiger partial charge in [0.25, 0.3) is 0 Å². The summed E-state index contributed by atoms with van der Waals surface area (Å²) >= 11 is 0. The van der Waals surface area contributed by atoms with E-state index in [0.29, 0.717) is 0 Å². The van der Waals surface area contributed by atoms with Crippen molar-refractivity contribution in [2.75, 3.05) is 0 Å². The van der Waals surface area contributed by atoms with Crippen molar-refractivity contribution in [3.8, 4) is 0 Å². The van der Waals surface area contributed by atoms with Crippen molar-refractivity contribution >= 4 is 48.1 Å². The van der Waals surface area contributed by atoms with E-state index in [-0.39, 0.29) is 43.9 Å².